The lowest BCUT2D eigenvalue weighted by Crippen LogP contribution is -2.54. The van der Waals surface area contributed by atoms with Gasteiger partial charge in [-0.1, -0.05) is 30.7 Å². The number of nitrogens with zero attached hydrogens (tertiary/aromatic N) is 1. The highest BCUT2D eigenvalue weighted by atomic mass is 32.2. The summed E-state index contributed by atoms with van der Waals surface area (Å²) in [5.41, 5.74) is 0.296. The van der Waals surface area contributed by atoms with E-state index in [0.717, 1.165) is 4.90 Å². The molecule has 1 saturated heterocycles. The highest BCUT2D eigenvalue weighted by Gasteiger charge is 2.45. The third-order valence-electron chi connectivity index (χ3n) is 6.43. The first kappa shape index (κ1) is 29.1. The van der Waals surface area contributed by atoms with Crippen molar-refractivity contribution in [1.29, 1.82) is 0 Å². The molecule has 13 heteroatoms. The van der Waals surface area contributed by atoms with E-state index in [4.69, 9.17) is 8.92 Å². The number of unbranched alkanes of at least 4 members (excludes halogenated alkanes) is 2. The van der Waals surface area contributed by atoms with Crippen LogP contribution in [-0.4, -0.2) is 68.7 Å². The van der Waals surface area contributed by atoms with Gasteiger partial charge in [-0.2, -0.15) is 8.42 Å². The third-order valence-corrected chi connectivity index (χ3v) is 7.76. The van der Waals surface area contributed by atoms with E-state index in [1.807, 2.05) is 0 Å². The number of rotatable bonds is 13. The van der Waals surface area contributed by atoms with Crippen molar-refractivity contribution in [1.82, 2.24) is 10.2 Å². The van der Waals surface area contributed by atoms with Gasteiger partial charge in [0, 0.05) is 19.4 Å². The molecule has 4 rings (SSSR count). The zero-order valence-corrected chi connectivity index (χ0v) is 22.4. The van der Waals surface area contributed by atoms with Crippen LogP contribution in [0.2, 0.25) is 0 Å². The number of amides is 5. The lowest BCUT2D eigenvalue weighted by atomic mass is 10.0. The van der Waals surface area contributed by atoms with Crippen LogP contribution in [-0.2, 0) is 33.4 Å². The van der Waals surface area contributed by atoms with Crippen LogP contribution in [0.3, 0.4) is 0 Å². The fourth-order valence-electron chi connectivity index (χ4n) is 4.46. The molecule has 2 aliphatic heterocycles. The second kappa shape index (κ2) is 12.9. The Hall–Kier alpha value is -3.94. The molecule has 212 valence electrons. The zero-order valence-electron chi connectivity index (χ0n) is 21.6. The standard InChI is InChI=1S/C27H29N3O9S/c31-22(12-5-2-6-15-38-16-17-39-40(36,37)18-8-3-1-4-9-18)28-20-11-7-10-19-24(20)27(35)30(26(19)34)21-13-14-23(32)29-25(21)33/h1,3-4,7-11,21H,2,5-6,12-17H2,(H,28,31)(H,29,32,33). The minimum atomic E-state index is -3.82. The minimum Gasteiger partial charge on any atom is -0.379 e. The molecule has 5 amide bonds. The van der Waals surface area contributed by atoms with Gasteiger partial charge >= 0.3 is 0 Å². The molecule has 0 radical (unpaired) electrons. The van der Waals surface area contributed by atoms with Crippen LogP contribution in [0, 0.1) is 0 Å². The average Bonchev–Trinajstić information content (AvgIpc) is 3.18. The Kier molecular flexibility index (Phi) is 9.40. The Bertz CT molecular complexity index is 1410. The number of hydrogen-bond donors (Lipinski definition) is 2. The second-order valence-corrected chi connectivity index (χ2v) is 10.9. The number of piperidine rings is 1. The van der Waals surface area contributed by atoms with Gasteiger partial charge in [-0.15, -0.1) is 0 Å². The maximum absolute atomic E-state index is 13.1. The normalized spacial score (nSPS) is 17.1. The van der Waals surface area contributed by atoms with Crippen LogP contribution in [0.15, 0.2) is 53.4 Å². The summed E-state index contributed by atoms with van der Waals surface area (Å²) in [6, 6.07) is 11.3. The molecule has 0 bridgehead atoms. The summed E-state index contributed by atoms with van der Waals surface area (Å²) in [5.74, 6) is -2.84. The number of carbonyl (C=O) groups excluding carboxylic acids is 5. The van der Waals surface area contributed by atoms with Crippen molar-refractivity contribution < 1.29 is 41.3 Å². The van der Waals surface area contributed by atoms with Crippen molar-refractivity contribution in [2.45, 2.75) is 49.5 Å². The smallest absolute Gasteiger partial charge is 0.297 e. The summed E-state index contributed by atoms with van der Waals surface area (Å²) in [6.45, 7) is 0.368. The largest absolute Gasteiger partial charge is 0.379 e. The first-order chi connectivity index (χ1) is 19.2. The summed E-state index contributed by atoms with van der Waals surface area (Å²) >= 11 is 0. The van der Waals surface area contributed by atoms with Gasteiger partial charge in [0.1, 0.15) is 6.04 Å². The number of ether oxygens (including phenoxy) is 1. The van der Waals surface area contributed by atoms with E-state index in [1.165, 1.54) is 24.3 Å². The number of anilines is 1. The SMILES string of the molecule is O=C1CCC(N2C(=O)c3cccc(NC(=O)CCCCCOCCOS(=O)(=O)c4ccccc4)c3C2=O)C(=O)N1. The van der Waals surface area contributed by atoms with E-state index >= 15 is 0 Å². The number of imide groups is 2. The maximum atomic E-state index is 13.1. The molecule has 2 heterocycles. The molecule has 1 unspecified atom stereocenters. The Morgan fingerprint density at radius 1 is 0.925 bits per heavy atom. The number of benzene rings is 2. The summed E-state index contributed by atoms with van der Waals surface area (Å²) in [7, 11) is -3.82. The van der Waals surface area contributed by atoms with Crippen LogP contribution in [0.4, 0.5) is 5.69 Å². The monoisotopic (exact) mass is 571 g/mol. The summed E-state index contributed by atoms with van der Waals surface area (Å²) in [5, 5.41) is 4.83. The topological polar surface area (TPSA) is 165 Å². The van der Waals surface area contributed by atoms with Gasteiger partial charge in [0.05, 0.1) is 34.9 Å². The molecule has 1 atom stereocenters. The van der Waals surface area contributed by atoms with Gasteiger partial charge < -0.3 is 10.1 Å². The van der Waals surface area contributed by atoms with E-state index in [2.05, 4.69) is 10.6 Å². The first-order valence-electron chi connectivity index (χ1n) is 12.9. The van der Waals surface area contributed by atoms with E-state index in [0.29, 0.717) is 25.9 Å². The summed E-state index contributed by atoms with van der Waals surface area (Å²) < 4.78 is 34.4. The molecule has 0 aromatic heterocycles. The fourth-order valence-corrected chi connectivity index (χ4v) is 5.37. The van der Waals surface area contributed by atoms with Crippen molar-refractivity contribution in [3.63, 3.8) is 0 Å². The number of carbonyl (C=O) groups is 5. The summed E-state index contributed by atoms with van der Waals surface area (Å²) in [6.07, 6.45) is 2.08. The third kappa shape index (κ3) is 6.79. The van der Waals surface area contributed by atoms with Gasteiger partial charge in [-0.05, 0) is 43.5 Å². The highest BCUT2D eigenvalue weighted by Crippen LogP contribution is 2.32. The number of nitrogens with one attached hydrogen (secondary N) is 2. The molecular weight excluding hydrogens is 542 g/mol. The van der Waals surface area contributed by atoms with Gasteiger partial charge in [0.2, 0.25) is 17.7 Å². The molecule has 2 aliphatic rings. The Morgan fingerprint density at radius 2 is 1.70 bits per heavy atom. The highest BCUT2D eigenvalue weighted by molar-refractivity contribution is 7.86. The number of fused-ring (bicyclic) bond motifs is 1. The van der Waals surface area contributed by atoms with E-state index < -0.39 is 39.8 Å². The molecule has 0 saturated carbocycles. The van der Waals surface area contributed by atoms with Crippen molar-refractivity contribution in [3.8, 4) is 0 Å². The fraction of sp³-hybridized carbons (Fsp3) is 0.370. The van der Waals surface area contributed by atoms with Crippen molar-refractivity contribution >= 4 is 45.3 Å². The molecule has 12 nitrogen and oxygen atoms in total. The Morgan fingerprint density at radius 3 is 2.45 bits per heavy atom. The molecule has 2 aromatic rings. The van der Waals surface area contributed by atoms with Crippen molar-refractivity contribution in [2.24, 2.45) is 0 Å². The first-order valence-corrected chi connectivity index (χ1v) is 14.3. The van der Waals surface area contributed by atoms with E-state index in [1.54, 1.807) is 24.3 Å². The molecule has 1 fully saturated rings. The van der Waals surface area contributed by atoms with Crippen LogP contribution in [0.5, 0.6) is 0 Å². The Balaban J connectivity index is 1.17. The Labute approximate surface area is 231 Å². The molecule has 0 aliphatic carbocycles. The number of hydrogen-bond acceptors (Lipinski definition) is 9. The molecule has 40 heavy (non-hydrogen) atoms. The quantitative estimate of drug-likeness (QED) is 0.208. The van der Waals surface area contributed by atoms with Crippen LogP contribution < -0.4 is 10.6 Å². The second-order valence-electron chi connectivity index (χ2n) is 9.24. The predicted octanol–water partition coefficient (Wildman–Crippen LogP) is 2.01. The molecular formula is C27H29N3O9S. The van der Waals surface area contributed by atoms with Gasteiger partial charge in [-0.25, -0.2) is 0 Å². The summed E-state index contributed by atoms with van der Waals surface area (Å²) in [4.78, 5) is 63.2. The maximum Gasteiger partial charge on any atom is 0.297 e. The molecule has 2 aromatic carbocycles. The molecule has 2 N–H and O–H groups in total. The lowest BCUT2D eigenvalue weighted by Gasteiger charge is -2.27. The van der Waals surface area contributed by atoms with Crippen LogP contribution in [0.25, 0.3) is 0 Å². The van der Waals surface area contributed by atoms with Crippen LogP contribution in [0.1, 0.15) is 59.2 Å². The van der Waals surface area contributed by atoms with Gasteiger partial charge in [-0.3, -0.25) is 38.4 Å². The molecule has 0 spiro atoms. The van der Waals surface area contributed by atoms with Gasteiger partial charge in [0.25, 0.3) is 21.9 Å². The average molecular weight is 572 g/mol. The lowest BCUT2D eigenvalue weighted by molar-refractivity contribution is -0.136. The van der Waals surface area contributed by atoms with E-state index in [-0.39, 0.29) is 60.1 Å². The predicted molar refractivity (Wildman–Crippen MR) is 141 cm³/mol. The van der Waals surface area contributed by atoms with E-state index in [9.17, 15) is 32.4 Å². The van der Waals surface area contributed by atoms with Crippen molar-refractivity contribution in [2.75, 3.05) is 25.1 Å². The van der Waals surface area contributed by atoms with Crippen LogP contribution >= 0.6 is 0 Å². The van der Waals surface area contributed by atoms with Gasteiger partial charge in [0.15, 0.2) is 0 Å². The zero-order chi connectivity index (χ0) is 28.7. The minimum absolute atomic E-state index is 0.0163. The van der Waals surface area contributed by atoms with Crippen molar-refractivity contribution in [3.05, 3.63) is 59.7 Å².